The number of aryl methyl sites for hydroxylation is 2. The molecule has 1 rings (SSSR count). The van der Waals surface area contributed by atoms with Gasteiger partial charge in [0.05, 0.1) is 17.1 Å². The Bertz CT molecular complexity index is 423. The van der Waals surface area contributed by atoms with E-state index in [1.165, 1.54) is 0 Å². The van der Waals surface area contributed by atoms with Crippen LogP contribution in [0.2, 0.25) is 0 Å². The standard InChI is InChI=1S/C12H20N4O3/c1-8-11(9(2)16-15-8)14-12(19)13-7-5-3-4-6-10(17)18/h3-7H2,1-2H3,(H,15,16)(H,17,18)(H2,13,14,19). The van der Waals surface area contributed by atoms with Crippen LogP contribution in [-0.4, -0.2) is 33.8 Å². The van der Waals surface area contributed by atoms with Crippen molar-refractivity contribution in [1.29, 1.82) is 0 Å². The number of carbonyl (C=O) groups is 2. The summed E-state index contributed by atoms with van der Waals surface area (Å²) in [5, 5.41) is 20.7. The fourth-order valence-corrected chi connectivity index (χ4v) is 1.67. The van der Waals surface area contributed by atoms with Crippen LogP contribution in [0.1, 0.15) is 37.1 Å². The van der Waals surface area contributed by atoms with Crippen molar-refractivity contribution in [3.05, 3.63) is 11.4 Å². The lowest BCUT2D eigenvalue weighted by Gasteiger charge is -2.07. The van der Waals surface area contributed by atoms with Gasteiger partial charge in [-0.2, -0.15) is 5.10 Å². The van der Waals surface area contributed by atoms with Gasteiger partial charge in [0.1, 0.15) is 0 Å². The Kier molecular flexibility index (Phi) is 5.84. The lowest BCUT2D eigenvalue weighted by molar-refractivity contribution is -0.137. The molecule has 0 aliphatic heterocycles. The van der Waals surface area contributed by atoms with Crippen LogP contribution in [0, 0.1) is 13.8 Å². The first-order valence-electron chi connectivity index (χ1n) is 6.29. The molecule has 7 nitrogen and oxygen atoms in total. The highest BCUT2D eigenvalue weighted by Crippen LogP contribution is 2.15. The molecule has 0 atom stereocenters. The Morgan fingerprint density at radius 1 is 1.26 bits per heavy atom. The van der Waals surface area contributed by atoms with E-state index in [2.05, 4.69) is 20.8 Å². The maximum absolute atomic E-state index is 11.6. The third-order valence-corrected chi connectivity index (χ3v) is 2.72. The van der Waals surface area contributed by atoms with Crippen molar-refractivity contribution in [3.63, 3.8) is 0 Å². The molecule has 7 heteroatoms. The Balaban J connectivity index is 2.17. The van der Waals surface area contributed by atoms with Crippen molar-refractivity contribution in [1.82, 2.24) is 15.5 Å². The van der Waals surface area contributed by atoms with Crippen molar-refractivity contribution in [2.75, 3.05) is 11.9 Å². The average molecular weight is 268 g/mol. The molecule has 19 heavy (non-hydrogen) atoms. The molecule has 2 amide bonds. The number of carboxylic acid groups (broad SMARTS) is 1. The van der Waals surface area contributed by atoms with Gasteiger partial charge in [-0.15, -0.1) is 0 Å². The lowest BCUT2D eigenvalue weighted by Crippen LogP contribution is -2.29. The third-order valence-electron chi connectivity index (χ3n) is 2.72. The molecule has 0 spiro atoms. The van der Waals surface area contributed by atoms with Crippen molar-refractivity contribution < 1.29 is 14.7 Å². The van der Waals surface area contributed by atoms with Crippen molar-refractivity contribution in [3.8, 4) is 0 Å². The number of nitrogens with one attached hydrogen (secondary N) is 3. The van der Waals surface area contributed by atoms with Crippen LogP contribution >= 0.6 is 0 Å². The lowest BCUT2D eigenvalue weighted by atomic mass is 10.2. The minimum absolute atomic E-state index is 0.180. The fourth-order valence-electron chi connectivity index (χ4n) is 1.67. The molecule has 0 saturated heterocycles. The van der Waals surface area contributed by atoms with E-state index in [0.29, 0.717) is 18.7 Å². The molecule has 1 aromatic rings. The molecule has 1 heterocycles. The maximum Gasteiger partial charge on any atom is 0.319 e. The summed E-state index contributed by atoms with van der Waals surface area (Å²) in [7, 11) is 0. The number of amides is 2. The Labute approximate surface area is 111 Å². The number of aromatic nitrogens is 2. The van der Waals surface area contributed by atoms with Gasteiger partial charge < -0.3 is 15.7 Å². The number of hydrogen-bond donors (Lipinski definition) is 4. The topological polar surface area (TPSA) is 107 Å². The Morgan fingerprint density at radius 3 is 2.58 bits per heavy atom. The number of unbranched alkanes of at least 4 members (excludes halogenated alkanes) is 2. The Morgan fingerprint density at radius 2 is 2.00 bits per heavy atom. The number of carbonyl (C=O) groups excluding carboxylic acids is 1. The van der Waals surface area contributed by atoms with Gasteiger partial charge in [0, 0.05) is 13.0 Å². The second kappa shape index (κ2) is 7.40. The van der Waals surface area contributed by atoms with Crippen LogP contribution in [0.25, 0.3) is 0 Å². The number of hydrogen-bond acceptors (Lipinski definition) is 3. The molecule has 0 unspecified atom stereocenters. The summed E-state index contributed by atoms with van der Waals surface area (Å²) in [6, 6.07) is -0.272. The van der Waals surface area contributed by atoms with Gasteiger partial charge in [0.15, 0.2) is 0 Å². The zero-order chi connectivity index (χ0) is 14.3. The highest BCUT2D eigenvalue weighted by atomic mass is 16.4. The second-order valence-electron chi connectivity index (χ2n) is 4.39. The van der Waals surface area contributed by atoms with Gasteiger partial charge in [-0.25, -0.2) is 4.79 Å². The molecule has 0 aliphatic rings. The number of rotatable bonds is 7. The van der Waals surface area contributed by atoms with Crippen molar-refractivity contribution in [2.45, 2.75) is 39.5 Å². The number of aliphatic carboxylic acids is 1. The zero-order valence-electron chi connectivity index (χ0n) is 11.2. The molecule has 0 fully saturated rings. The maximum atomic E-state index is 11.6. The van der Waals surface area contributed by atoms with Crippen LogP contribution in [0.15, 0.2) is 0 Å². The van der Waals surface area contributed by atoms with Gasteiger partial charge in [-0.3, -0.25) is 9.89 Å². The molecule has 106 valence electrons. The monoisotopic (exact) mass is 268 g/mol. The highest BCUT2D eigenvalue weighted by molar-refractivity contribution is 5.90. The second-order valence-corrected chi connectivity index (χ2v) is 4.39. The largest absolute Gasteiger partial charge is 0.481 e. The van der Waals surface area contributed by atoms with Gasteiger partial charge >= 0.3 is 12.0 Å². The predicted octanol–water partition coefficient (Wildman–Crippen LogP) is 1.79. The van der Waals surface area contributed by atoms with Gasteiger partial charge in [0.25, 0.3) is 0 Å². The zero-order valence-corrected chi connectivity index (χ0v) is 11.2. The summed E-state index contributed by atoms with van der Waals surface area (Å²) in [5.74, 6) is -0.781. The molecule has 0 bridgehead atoms. The summed E-state index contributed by atoms with van der Waals surface area (Å²) in [4.78, 5) is 21.9. The van der Waals surface area contributed by atoms with Crippen LogP contribution in [0.3, 0.4) is 0 Å². The summed E-state index contributed by atoms with van der Waals surface area (Å²) in [6.45, 7) is 4.17. The van der Waals surface area contributed by atoms with Crippen molar-refractivity contribution in [2.24, 2.45) is 0 Å². The van der Waals surface area contributed by atoms with E-state index in [0.717, 1.165) is 24.2 Å². The van der Waals surface area contributed by atoms with Crippen LogP contribution in [-0.2, 0) is 4.79 Å². The van der Waals surface area contributed by atoms with Crippen LogP contribution < -0.4 is 10.6 Å². The molecule has 1 aromatic heterocycles. The van der Waals surface area contributed by atoms with Gasteiger partial charge in [-0.05, 0) is 26.7 Å². The van der Waals surface area contributed by atoms with Crippen molar-refractivity contribution >= 4 is 17.7 Å². The van der Waals surface area contributed by atoms with E-state index in [-0.39, 0.29) is 12.5 Å². The molecule has 0 saturated carbocycles. The molecule has 0 aromatic carbocycles. The smallest absolute Gasteiger partial charge is 0.319 e. The van der Waals surface area contributed by atoms with Crippen LogP contribution in [0.5, 0.6) is 0 Å². The molecular formula is C12H20N4O3. The quantitative estimate of drug-likeness (QED) is 0.565. The summed E-state index contributed by atoms with van der Waals surface area (Å²) in [6.07, 6.45) is 2.37. The molecule has 0 radical (unpaired) electrons. The summed E-state index contributed by atoms with van der Waals surface area (Å²) >= 11 is 0. The highest BCUT2D eigenvalue weighted by Gasteiger charge is 2.09. The first-order valence-corrected chi connectivity index (χ1v) is 6.29. The Hall–Kier alpha value is -2.05. The minimum Gasteiger partial charge on any atom is -0.481 e. The minimum atomic E-state index is -0.781. The van der Waals surface area contributed by atoms with E-state index in [1.807, 2.05) is 13.8 Å². The van der Waals surface area contributed by atoms with E-state index in [9.17, 15) is 9.59 Å². The van der Waals surface area contributed by atoms with E-state index in [1.54, 1.807) is 0 Å². The van der Waals surface area contributed by atoms with Crippen LogP contribution in [0.4, 0.5) is 10.5 Å². The number of H-pyrrole nitrogens is 1. The number of carboxylic acids is 1. The van der Waals surface area contributed by atoms with Gasteiger partial charge in [0.2, 0.25) is 0 Å². The average Bonchev–Trinajstić information content (AvgIpc) is 2.65. The first-order chi connectivity index (χ1) is 9.00. The molecule has 0 aliphatic carbocycles. The number of aromatic amines is 1. The van der Waals surface area contributed by atoms with E-state index in [4.69, 9.17) is 5.11 Å². The van der Waals surface area contributed by atoms with E-state index >= 15 is 0 Å². The van der Waals surface area contributed by atoms with Gasteiger partial charge in [-0.1, -0.05) is 6.42 Å². The normalized spacial score (nSPS) is 10.2. The molecular weight excluding hydrogens is 248 g/mol. The predicted molar refractivity (Wildman–Crippen MR) is 71.2 cm³/mol. The number of urea groups is 1. The number of nitrogens with zero attached hydrogens (tertiary/aromatic N) is 1. The number of anilines is 1. The summed E-state index contributed by atoms with van der Waals surface area (Å²) < 4.78 is 0. The first kappa shape index (κ1) is 15.0. The SMILES string of the molecule is Cc1n[nH]c(C)c1NC(=O)NCCCCCC(=O)O. The third kappa shape index (κ3) is 5.41. The summed E-state index contributed by atoms with van der Waals surface area (Å²) in [5.41, 5.74) is 2.26. The van der Waals surface area contributed by atoms with E-state index < -0.39 is 5.97 Å². The fraction of sp³-hybridized carbons (Fsp3) is 0.583. The molecule has 4 N–H and O–H groups in total.